The molecule has 72 valence electrons. The van der Waals surface area contributed by atoms with Gasteiger partial charge in [0, 0.05) is 6.04 Å². The Labute approximate surface area is 76.2 Å². The highest BCUT2D eigenvalue weighted by molar-refractivity contribution is 4.95. The van der Waals surface area contributed by atoms with E-state index in [0.29, 0.717) is 6.04 Å². The Kier molecular flexibility index (Phi) is 7.11. The predicted octanol–water partition coefficient (Wildman–Crippen LogP) is 2.36. The maximum Gasteiger partial charge on any atom is 0.0247 e. The Morgan fingerprint density at radius 2 is 2.17 bits per heavy atom. The quantitative estimate of drug-likeness (QED) is 0.350. The van der Waals surface area contributed by atoms with Crippen molar-refractivity contribution in [2.75, 3.05) is 0 Å². The van der Waals surface area contributed by atoms with Crippen LogP contribution in [0.1, 0.15) is 46.0 Å². The molecule has 0 spiro atoms. The summed E-state index contributed by atoms with van der Waals surface area (Å²) in [5.74, 6) is 5.43. The molecule has 0 aromatic carbocycles. The summed E-state index contributed by atoms with van der Waals surface area (Å²) in [6.45, 7) is 8.30. The van der Waals surface area contributed by atoms with Crippen molar-refractivity contribution in [3.05, 3.63) is 12.2 Å². The molecule has 0 heterocycles. The van der Waals surface area contributed by atoms with Crippen LogP contribution in [0.4, 0.5) is 0 Å². The van der Waals surface area contributed by atoms with E-state index in [1.807, 2.05) is 0 Å². The van der Waals surface area contributed by atoms with E-state index in [1.54, 1.807) is 0 Å². The van der Waals surface area contributed by atoms with Gasteiger partial charge in [-0.2, -0.15) is 0 Å². The number of unbranched alkanes of at least 4 members (excludes halogenated alkanes) is 1. The molecule has 12 heavy (non-hydrogen) atoms. The zero-order chi connectivity index (χ0) is 9.40. The standard InChI is InChI=1S/C10H22N2/c1-4-6-7-10(12-11)8-9(3)5-2/h10,12H,3-8,11H2,1-2H3. The summed E-state index contributed by atoms with van der Waals surface area (Å²) < 4.78 is 0. The Morgan fingerprint density at radius 1 is 1.50 bits per heavy atom. The van der Waals surface area contributed by atoms with Crippen LogP contribution in [0.15, 0.2) is 12.2 Å². The molecule has 2 nitrogen and oxygen atoms in total. The van der Waals surface area contributed by atoms with Crippen molar-refractivity contribution in [3.8, 4) is 0 Å². The Morgan fingerprint density at radius 3 is 2.58 bits per heavy atom. The highest BCUT2D eigenvalue weighted by atomic mass is 15.2. The lowest BCUT2D eigenvalue weighted by Crippen LogP contribution is -2.35. The van der Waals surface area contributed by atoms with Crippen LogP contribution in [0.2, 0.25) is 0 Å². The van der Waals surface area contributed by atoms with E-state index < -0.39 is 0 Å². The summed E-state index contributed by atoms with van der Waals surface area (Å²) in [5, 5.41) is 0. The minimum absolute atomic E-state index is 0.428. The summed E-state index contributed by atoms with van der Waals surface area (Å²) in [4.78, 5) is 0. The van der Waals surface area contributed by atoms with E-state index in [4.69, 9.17) is 5.84 Å². The van der Waals surface area contributed by atoms with Gasteiger partial charge in [-0.15, -0.1) is 0 Å². The first-order valence-electron chi connectivity index (χ1n) is 4.87. The van der Waals surface area contributed by atoms with Crippen molar-refractivity contribution < 1.29 is 0 Å². The second-order valence-corrected chi connectivity index (χ2v) is 3.31. The molecule has 0 aliphatic carbocycles. The fourth-order valence-corrected chi connectivity index (χ4v) is 1.19. The maximum atomic E-state index is 5.43. The smallest absolute Gasteiger partial charge is 0.0247 e. The molecule has 0 fully saturated rings. The van der Waals surface area contributed by atoms with Crippen LogP contribution in [-0.4, -0.2) is 6.04 Å². The van der Waals surface area contributed by atoms with Gasteiger partial charge in [-0.05, 0) is 19.3 Å². The van der Waals surface area contributed by atoms with Crippen LogP contribution in [0.25, 0.3) is 0 Å². The monoisotopic (exact) mass is 170 g/mol. The highest BCUT2D eigenvalue weighted by Gasteiger charge is 2.05. The third-order valence-corrected chi connectivity index (χ3v) is 2.18. The van der Waals surface area contributed by atoms with E-state index in [9.17, 15) is 0 Å². The summed E-state index contributed by atoms with van der Waals surface area (Å²) in [6.07, 6.45) is 5.71. The minimum atomic E-state index is 0.428. The number of hydrazine groups is 1. The molecule has 0 bridgehead atoms. The van der Waals surface area contributed by atoms with Gasteiger partial charge in [0.2, 0.25) is 0 Å². The normalized spacial score (nSPS) is 12.9. The van der Waals surface area contributed by atoms with Gasteiger partial charge in [0.1, 0.15) is 0 Å². The SMILES string of the molecule is C=C(CC)CC(CCCC)NN. The van der Waals surface area contributed by atoms with Gasteiger partial charge in [0.25, 0.3) is 0 Å². The van der Waals surface area contributed by atoms with E-state index in [1.165, 1.54) is 18.4 Å². The Balaban J connectivity index is 3.59. The van der Waals surface area contributed by atoms with Crippen LogP contribution in [0, 0.1) is 0 Å². The second-order valence-electron chi connectivity index (χ2n) is 3.31. The molecule has 0 saturated heterocycles. The van der Waals surface area contributed by atoms with Crippen LogP contribution < -0.4 is 11.3 Å². The van der Waals surface area contributed by atoms with E-state index >= 15 is 0 Å². The van der Waals surface area contributed by atoms with E-state index in [2.05, 4.69) is 25.9 Å². The van der Waals surface area contributed by atoms with Crippen molar-refractivity contribution in [2.24, 2.45) is 5.84 Å². The third kappa shape index (κ3) is 5.33. The van der Waals surface area contributed by atoms with Crippen molar-refractivity contribution in [1.82, 2.24) is 5.43 Å². The Bertz CT molecular complexity index is 121. The molecule has 0 aromatic rings. The highest BCUT2D eigenvalue weighted by Crippen LogP contribution is 2.11. The first-order chi connectivity index (χ1) is 5.74. The molecule has 0 saturated carbocycles. The molecule has 0 aliphatic rings. The molecule has 1 unspecified atom stereocenters. The molecule has 0 amide bonds. The van der Waals surface area contributed by atoms with Crippen molar-refractivity contribution in [3.63, 3.8) is 0 Å². The molecule has 0 radical (unpaired) electrons. The van der Waals surface area contributed by atoms with Crippen molar-refractivity contribution in [1.29, 1.82) is 0 Å². The molecule has 3 N–H and O–H groups in total. The number of nitrogens with two attached hydrogens (primary N) is 1. The predicted molar refractivity (Wildman–Crippen MR) is 54.7 cm³/mol. The van der Waals surface area contributed by atoms with Crippen LogP contribution in [0.3, 0.4) is 0 Å². The van der Waals surface area contributed by atoms with E-state index in [0.717, 1.165) is 19.3 Å². The Hall–Kier alpha value is -0.340. The number of rotatable bonds is 7. The lowest BCUT2D eigenvalue weighted by molar-refractivity contribution is 0.469. The molecule has 0 rings (SSSR count). The molecule has 0 aromatic heterocycles. The molecule has 2 heteroatoms. The van der Waals surface area contributed by atoms with Crippen molar-refractivity contribution in [2.45, 2.75) is 52.0 Å². The zero-order valence-corrected chi connectivity index (χ0v) is 8.40. The maximum absolute atomic E-state index is 5.43. The first kappa shape index (κ1) is 11.7. The lowest BCUT2D eigenvalue weighted by atomic mass is 10.0. The average Bonchev–Trinajstić information content (AvgIpc) is 2.11. The van der Waals surface area contributed by atoms with Gasteiger partial charge in [0.15, 0.2) is 0 Å². The van der Waals surface area contributed by atoms with Crippen molar-refractivity contribution >= 4 is 0 Å². The first-order valence-corrected chi connectivity index (χ1v) is 4.87. The van der Waals surface area contributed by atoms with Gasteiger partial charge < -0.3 is 0 Å². The average molecular weight is 170 g/mol. The third-order valence-electron chi connectivity index (χ3n) is 2.18. The van der Waals surface area contributed by atoms with Gasteiger partial charge in [-0.3, -0.25) is 11.3 Å². The second kappa shape index (κ2) is 7.32. The zero-order valence-electron chi connectivity index (χ0n) is 8.40. The fourth-order valence-electron chi connectivity index (χ4n) is 1.19. The number of hydrogen-bond acceptors (Lipinski definition) is 2. The van der Waals surface area contributed by atoms with Gasteiger partial charge >= 0.3 is 0 Å². The molecular formula is C10H22N2. The van der Waals surface area contributed by atoms with Crippen LogP contribution >= 0.6 is 0 Å². The summed E-state index contributed by atoms with van der Waals surface area (Å²) in [6, 6.07) is 0.428. The fraction of sp³-hybridized carbons (Fsp3) is 0.800. The number of hydrogen-bond donors (Lipinski definition) is 2. The van der Waals surface area contributed by atoms with Gasteiger partial charge in [-0.25, -0.2) is 0 Å². The number of nitrogens with one attached hydrogen (secondary N) is 1. The summed E-state index contributed by atoms with van der Waals surface area (Å²) >= 11 is 0. The van der Waals surface area contributed by atoms with Crippen LogP contribution in [0.5, 0.6) is 0 Å². The summed E-state index contributed by atoms with van der Waals surface area (Å²) in [7, 11) is 0. The largest absolute Gasteiger partial charge is 0.271 e. The van der Waals surface area contributed by atoms with Gasteiger partial charge in [0.05, 0.1) is 0 Å². The lowest BCUT2D eigenvalue weighted by Gasteiger charge is -2.15. The van der Waals surface area contributed by atoms with Gasteiger partial charge in [-0.1, -0.05) is 38.8 Å². The molecule has 1 atom stereocenters. The molecular weight excluding hydrogens is 148 g/mol. The van der Waals surface area contributed by atoms with Crippen LogP contribution in [-0.2, 0) is 0 Å². The minimum Gasteiger partial charge on any atom is -0.271 e. The van der Waals surface area contributed by atoms with E-state index in [-0.39, 0.29) is 0 Å². The summed E-state index contributed by atoms with van der Waals surface area (Å²) in [5.41, 5.74) is 4.13. The topological polar surface area (TPSA) is 38.0 Å². The molecule has 0 aliphatic heterocycles.